The molecule has 1 aromatic carbocycles. The molecule has 1 heteroatoms. The molecule has 0 amide bonds. The van der Waals surface area contributed by atoms with E-state index in [2.05, 4.69) is 5.92 Å². The first-order valence-electron chi connectivity index (χ1n) is 3.56. The predicted molar refractivity (Wildman–Crippen MR) is 50.7 cm³/mol. The normalized spacial score (nSPS) is 7.45. The van der Waals surface area contributed by atoms with Crippen LogP contribution in [0.2, 0.25) is 5.02 Å². The van der Waals surface area contributed by atoms with E-state index in [1.165, 1.54) is 0 Å². The van der Waals surface area contributed by atoms with Gasteiger partial charge in [0.15, 0.2) is 0 Å². The van der Waals surface area contributed by atoms with Gasteiger partial charge in [0.25, 0.3) is 0 Å². The van der Waals surface area contributed by atoms with Crippen LogP contribution >= 0.6 is 11.6 Å². The van der Waals surface area contributed by atoms with Crippen molar-refractivity contribution in [1.29, 1.82) is 0 Å². The molecular formula is C10H11Cl. The summed E-state index contributed by atoms with van der Waals surface area (Å²) in [4.78, 5) is 0. The Hall–Kier alpha value is -0.930. The summed E-state index contributed by atoms with van der Waals surface area (Å²) < 4.78 is 0. The number of hydrogen-bond donors (Lipinski definition) is 0. The first-order chi connectivity index (χ1) is 5.34. The molecule has 0 N–H and O–H groups in total. The lowest BCUT2D eigenvalue weighted by atomic mass is 10.2. The van der Waals surface area contributed by atoms with Crippen LogP contribution in [0, 0.1) is 12.3 Å². The number of rotatable bonds is 0. The highest BCUT2D eigenvalue weighted by Crippen LogP contribution is 2.12. The first-order valence-corrected chi connectivity index (χ1v) is 3.93. The Kier molecular flexibility index (Phi) is 5.33. The van der Waals surface area contributed by atoms with Gasteiger partial charge in [0.2, 0.25) is 0 Å². The van der Waals surface area contributed by atoms with Crippen molar-refractivity contribution in [2.24, 2.45) is 0 Å². The van der Waals surface area contributed by atoms with Gasteiger partial charge in [0.05, 0.1) is 5.02 Å². The summed E-state index contributed by atoms with van der Waals surface area (Å²) in [6, 6.07) is 7.29. The summed E-state index contributed by atoms with van der Waals surface area (Å²) >= 11 is 5.68. The third-order valence-electron chi connectivity index (χ3n) is 1.03. The number of benzene rings is 1. The maximum Gasteiger partial charge on any atom is 0.0562 e. The first kappa shape index (κ1) is 10.1. The average molecular weight is 167 g/mol. The SMILES string of the molecule is C#Cc1ccccc1Cl.CC. The molecule has 58 valence electrons. The molecule has 0 saturated carbocycles. The predicted octanol–water partition coefficient (Wildman–Crippen LogP) is 3.35. The van der Waals surface area contributed by atoms with E-state index in [-0.39, 0.29) is 0 Å². The molecule has 0 bridgehead atoms. The zero-order chi connectivity index (χ0) is 8.69. The van der Waals surface area contributed by atoms with Gasteiger partial charge in [-0.25, -0.2) is 0 Å². The third-order valence-corrected chi connectivity index (χ3v) is 1.36. The Morgan fingerprint density at radius 3 is 2.18 bits per heavy atom. The van der Waals surface area contributed by atoms with Gasteiger partial charge in [0, 0.05) is 5.56 Å². The lowest BCUT2D eigenvalue weighted by Gasteiger charge is -1.90. The molecule has 0 unspecified atom stereocenters. The maximum absolute atomic E-state index is 5.68. The zero-order valence-corrected chi connectivity index (χ0v) is 7.52. The smallest absolute Gasteiger partial charge is 0.0562 e. The molecular weight excluding hydrogens is 156 g/mol. The van der Waals surface area contributed by atoms with Gasteiger partial charge in [-0.2, -0.15) is 0 Å². The lowest BCUT2D eigenvalue weighted by molar-refractivity contribution is 1.50. The summed E-state index contributed by atoms with van der Waals surface area (Å²) in [5.74, 6) is 2.46. The quantitative estimate of drug-likeness (QED) is 0.519. The van der Waals surface area contributed by atoms with Gasteiger partial charge in [0.1, 0.15) is 0 Å². The molecule has 0 spiro atoms. The van der Waals surface area contributed by atoms with Crippen molar-refractivity contribution in [3.05, 3.63) is 34.9 Å². The van der Waals surface area contributed by atoms with E-state index in [9.17, 15) is 0 Å². The van der Waals surface area contributed by atoms with Crippen LogP contribution in [-0.4, -0.2) is 0 Å². The van der Waals surface area contributed by atoms with Crippen LogP contribution in [0.5, 0.6) is 0 Å². The molecule has 0 aliphatic rings. The van der Waals surface area contributed by atoms with Crippen LogP contribution < -0.4 is 0 Å². The molecule has 0 fully saturated rings. The highest BCUT2D eigenvalue weighted by Gasteiger charge is 1.90. The van der Waals surface area contributed by atoms with Crippen molar-refractivity contribution in [2.45, 2.75) is 13.8 Å². The second kappa shape index (κ2) is 5.82. The number of halogens is 1. The minimum Gasteiger partial charge on any atom is -0.115 e. The largest absolute Gasteiger partial charge is 0.115 e. The monoisotopic (exact) mass is 166 g/mol. The molecule has 1 rings (SSSR count). The Labute approximate surface area is 73.2 Å². The summed E-state index contributed by atoms with van der Waals surface area (Å²) in [6.45, 7) is 4.00. The maximum atomic E-state index is 5.68. The molecule has 11 heavy (non-hydrogen) atoms. The minimum absolute atomic E-state index is 0.639. The van der Waals surface area contributed by atoms with Crippen molar-refractivity contribution in [3.8, 4) is 12.3 Å². The summed E-state index contributed by atoms with van der Waals surface area (Å²) in [6.07, 6.45) is 5.12. The van der Waals surface area contributed by atoms with Crippen LogP contribution in [-0.2, 0) is 0 Å². The number of terminal acetylenes is 1. The standard InChI is InChI=1S/C8H5Cl.C2H6/c1-2-7-5-3-4-6-8(7)9;1-2/h1,3-6H;1-2H3. The van der Waals surface area contributed by atoms with E-state index in [0.717, 1.165) is 5.56 Å². The van der Waals surface area contributed by atoms with E-state index < -0.39 is 0 Å². The Morgan fingerprint density at radius 1 is 1.27 bits per heavy atom. The Morgan fingerprint density at radius 2 is 1.82 bits per heavy atom. The van der Waals surface area contributed by atoms with Crippen LogP contribution in [0.4, 0.5) is 0 Å². The molecule has 0 aliphatic heterocycles. The molecule has 0 heterocycles. The molecule has 0 radical (unpaired) electrons. The fourth-order valence-electron chi connectivity index (χ4n) is 0.578. The van der Waals surface area contributed by atoms with E-state index in [1.807, 2.05) is 32.0 Å². The zero-order valence-electron chi connectivity index (χ0n) is 6.76. The van der Waals surface area contributed by atoms with Crippen molar-refractivity contribution < 1.29 is 0 Å². The van der Waals surface area contributed by atoms with Gasteiger partial charge >= 0.3 is 0 Å². The van der Waals surface area contributed by atoms with Crippen molar-refractivity contribution in [2.75, 3.05) is 0 Å². The van der Waals surface area contributed by atoms with Crippen molar-refractivity contribution in [3.63, 3.8) is 0 Å². The fourth-order valence-corrected chi connectivity index (χ4v) is 0.769. The van der Waals surface area contributed by atoms with Gasteiger partial charge < -0.3 is 0 Å². The summed E-state index contributed by atoms with van der Waals surface area (Å²) in [5.41, 5.74) is 0.749. The van der Waals surface area contributed by atoms with E-state index in [1.54, 1.807) is 6.07 Å². The second-order valence-corrected chi connectivity index (χ2v) is 2.03. The molecule has 0 atom stereocenters. The van der Waals surface area contributed by atoms with Crippen LogP contribution in [0.15, 0.2) is 24.3 Å². The van der Waals surface area contributed by atoms with Crippen LogP contribution in [0.25, 0.3) is 0 Å². The van der Waals surface area contributed by atoms with Gasteiger partial charge in [-0.3, -0.25) is 0 Å². The molecule has 0 aromatic heterocycles. The Bertz CT molecular complexity index is 245. The van der Waals surface area contributed by atoms with Crippen LogP contribution in [0.1, 0.15) is 19.4 Å². The average Bonchev–Trinajstić information content (AvgIpc) is 2.09. The third kappa shape index (κ3) is 3.11. The molecule has 0 nitrogen and oxygen atoms in total. The Balaban J connectivity index is 0.000000461. The van der Waals surface area contributed by atoms with Gasteiger partial charge in [-0.05, 0) is 12.1 Å². The van der Waals surface area contributed by atoms with E-state index >= 15 is 0 Å². The summed E-state index contributed by atoms with van der Waals surface area (Å²) in [5, 5.41) is 0.639. The molecule has 1 aromatic rings. The van der Waals surface area contributed by atoms with Crippen molar-refractivity contribution >= 4 is 11.6 Å². The molecule has 0 saturated heterocycles. The molecule has 0 aliphatic carbocycles. The highest BCUT2D eigenvalue weighted by molar-refractivity contribution is 6.31. The number of hydrogen-bond acceptors (Lipinski definition) is 0. The topological polar surface area (TPSA) is 0 Å². The van der Waals surface area contributed by atoms with Gasteiger partial charge in [-0.15, -0.1) is 6.42 Å². The second-order valence-electron chi connectivity index (χ2n) is 1.62. The van der Waals surface area contributed by atoms with Crippen molar-refractivity contribution in [1.82, 2.24) is 0 Å². The van der Waals surface area contributed by atoms with E-state index in [0.29, 0.717) is 5.02 Å². The highest BCUT2D eigenvalue weighted by atomic mass is 35.5. The van der Waals surface area contributed by atoms with E-state index in [4.69, 9.17) is 18.0 Å². The van der Waals surface area contributed by atoms with Gasteiger partial charge in [-0.1, -0.05) is 43.5 Å². The van der Waals surface area contributed by atoms with Crippen LogP contribution in [0.3, 0.4) is 0 Å². The lowest BCUT2D eigenvalue weighted by Crippen LogP contribution is -1.71. The minimum atomic E-state index is 0.639. The fraction of sp³-hybridized carbons (Fsp3) is 0.200. The summed E-state index contributed by atoms with van der Waals surface area (Å²) in [7, 11) is 0.